The number of ether oxygens (including phenoxy) is 1. The fraction of sp³-hybridized carbons (Fsp3) is 1.00. The Morgan fingerprint density at radius 1 is 1.06 bits per heavy atom. The Hall–Kier alpha value is -0.120. The lowest BCUT2D eigenvalue weighted by atomic mass is 10.2. The van der Waals surface area contributed by atoms with E-state index in [9.17, 15) is 0 Å². The lowest BCUT2D eigenvalue weighted by molar-refractivity contribution is 0.117. The quantitative estimate of drug-likeness (QED) is 0.673. The number of nitrogens with zero attached hydrogens (tertiary/aromatic N) is 1. The van der Waals surface area contributed by atoms with Crippen LogP contribution in [0.3, 0.4) is 0 Å². The van der Waals surface area contributed by atoms with Gasteiger partial charge in [0.1, 0.15) is 0 Å². The minimum absolute atomic E-state index is 0.939. The lowest BCUT2D eigenvalue weighted by Gasteiger charge is -2.24. The van der Waals surface area contributed by atoms with Crippen LogP contribution in [0.5, 0.6) is 0 Å². The maximum atomic E-state index is 5.58. The van der Waals surface area contributed by atoms with Gasteiger partial charge >= 0.3 is 0 Å². The third kappa shape index (κ3) is 7.20. The molecule has 0 saturated carbocycles. The smallest absolute Gasteiger partial charge is 0.0478 e. The van der Waals surface area contributed by atoms with Gasteiger partial charge in [0.15, 0.2) is 0 Å². The van der Waals surface area contributed by atoms with Crippen LogP contribution in [0.4, 0.5) is 0 Å². The third-order valence-corrected chi connectivity index (χ3v) is 3.06. The largest absolute Gasteiger partial charge is 0.381 e. The van der Waals surface area contributed by atoms with Crippen LogP contribution >= 0.6 is 0 Å². The predicted molar refractivity (Wildman–Crippen MR) is 68.9 cm³/mol. The Balaban J connectivity index is 1.93. The van der Waals surface area contributed by atoms with Gasteiger partial charge in [-0.1, -0.05) is 13.3 Å². The van der Waals surface area contributed by atoms with Crippen LogP contribution in [0, 0.1) is 0 Å². The molecule has 1 heterocycles. The predicted octanol–water partition coefficient (Wildman–Crippen LogP) is 1.88. The van der Waals surface area contributed by atoms with E-state index < -0.39 is 0 Å². The van der Waals surface area contributed by atoms with E-state index in [1.165, 1.54) is 64.8 Å². The molecule has 1 aliphatic heterocycles. The van der Waals surface area contributed by atoms with Crippen LogP contribution in [0.15, 0.2) is 0 Å². The molecule has 1 aliphatic rings. The summed E-state index contributed by atoms with van der Waals surface area (Å²) >= 11 is 0. The molecule has 96 valence electrons. The number of nitrogens with one attached hydrogen (secondary N) is 1. The summed E-state index contributed by atoms with van der Waals surface area (Å²) in [5, 5.41) is 3.45. The highest BCUT2D eigenvalue weighted by Crippen LogP contribution is 1.99. The average molecular weight is 228 g/mol. The van der Waals surface area contributed by atoms with Gasteiger partial charge in [-0.05, 0) is 51.9 Å². The first kappa shape index (κ1) is 13.9. The summed E-state index contributed by atoms with van der Waals surface area (Å²) in [5.41, 5.74) is 0. The molecule has 0 atom stereocenters. The zero-order valence-electron chi connectivity index (χ0n) is 10.8. The van der Waals surface area contributed by atoms with Crippen molar-refractivity contribution in [3.05, 3.63) is 0 Å². The summed E-state index contributed by atoms with van der Waals surface area (Å²) in [4.78, 5) is 2.59. The summed E-state index contributed by atoms with van der Waals surface area (Å²) in [6, 6.07) is 0. The first-order valence-electron chi connectivity index (χ1n) is 6.94. The van der Waals surface area contributed by atoms with Crippen molar-refractivity contribution < 1.29 is 4.74 Å². The normalized spacial score (nSPS) is 19.3. The first-order chi connectivity index (χ1) is 7.93. The van der Waals surface area contributed by atoms with Crippen molar-refractivity contribution in [3.63, 3.8) is 0 Å². The maximum absolute atomic E-state index is 5.58. The van der Waals surface area contributed by atoms with E-state index in [-0.39, 0.29) is 0 Å². The molecule has 0 bridgehead atoms. The standard InChI is InChI=1S/C13H28N2O/c1-2-3-12-16-13-6-11-15-9-4-7-14-8-5-10-15/h14H,2-13H2,1H3. The minimum atomic E-state index is 0.939. The van der Waals surface area contributed by atoms with Gasteiger partial charge in [-0.25, -0.2) is 0 Å². The number of rotatable bonds is 7. The van der Waals surface area contributed by atoms with Crippen LogP contribution in [-0.2, 0) is 4.74 Å². The second kappa shape index (κ2) is 10.1. The van der Waals surface area contributed by atoms with Gasteiger partial charge in [0.25, 0.3) is 0 Å². The van der Waals surface area contributed by atoms with Crippen molar-refractivity contribution in [2.24, 2.45) is 0 Å². The Kier molecular flexibility index (Phi) is 8.77. The van der Waals surface area contributed by atoms with E-state index in [1.54, 1.807) is 0 Å². The van der Waals surface area contributed by atoms with E-state index in [0.29, 0.717) is 0 Å². The van der Waals surface area contributed by atoms with Gasteiger partial charge in [0.05, 0.1) is 0 Å². The third-order valence-electron chi connectivity index (χ3n) is 3.06. The summed E-state index contributed by atoms with van der Waals surface area (Å²) in [6.45, 7) is 10.2. The first-order valence-corrected chi connectivity index (χ1v) is 6.94. The fourth-order valence-electron chi connectivity index (χ4n) is 2.05. The molecule has 0 spiro atoms. The molecule has 0 aromatic carbocycles. The van der Waals surface area contributed by atoms with Crippen molar-refractivity contribution in [1.29, 1.82) is 0 Å². The second-order valence-corrected chi connectivity index (χ2v) is 4.62. The Bertz CT molecular complexity index is 145. The van der Waals surface area contributed by atoms with Crippen molar-refractivity contribution in [3.8, 4) is 0 Å². The SMILES string of the molecule is CCCCOCCCN1CCCNCCC1. The molecule has 1 rings (SSSR count). The minimum Gasteiger partial charge on any atom is -0.381 e. The highest BCUT2D eigenvalue weighted by Gasteiger charge is 2.06. The van der Waals surface area contributed by atoms with E-state index in [0.717, 1.165) is 13.2 Å². The maximum Gasteiger partial charge on any atom is 0.0478 e. The van der Waals surface area contributed by atoms with Crippen molar-refractivity contribution >= 4 is 0 Å². The molecule has 3 nitrogen and oxygen atoms in total. The summed E-state index contributed by atoms with van der Waals surface area (Å²) in [7, 11) is 0. The van der Waals surface area contributed by atoms with Gasteiger partial charge in [-0.15, -0.1) is 0 Å². The molecule has 0 unspecified atom stereocenters. The zero-order valence-corrected chi connectivity index (χ0v) is 10.8. The Labute approximate surface area is 101 Å². The monoisotopic (exact) mass is 228 g/mol. The van der Waals surface area contributed by atoms with Gasteiger partial charge in [-0.2, -0.15) is 0 Å². The summed E-state index contributed by atoms with van der Waals surface area (Å²) in [5.74, 6) is 0. The molecule has 0 aromatic rings. The molecule has 0 aromatic heterocycles. The molecule has 16 heavy (non-hydrogen) atoms. The highest BCUT2D eigenvalue weighted by atomic mass is 16.5. The highest BCUT2D eigenvalue weighted by molar-refractivity contribution is 4.64. The summed E-state index contributed by atoms with van der Waals surface area (Å²) < 4.78 is 5.58. The van der Waals surface area contributed by atoms with Gasteiger partial charge in [0, 0.05) is 19.8 Å². The second-order valence-electron chi connectivity index (χ2n) is 4.62. The molecule has 1 fully saturated rings. The Morgan fingerprint density at radius 2 is 1.75 bits per heavy atom. The number of hydrogen-bond acceptors (Lipinski definition) is 3. The van der Waals surface area contributed by atoms with E-state index >= 15 is 0 Å². The Morgan fingerprint density at radius 3 is 2.44 bits per heavy atom. The average Bonchev–Trinajstić information content (AvgIpc) is 2.25. The van der Waals surface area contributed by atoms with Crippen molar-refractivity contribution in [2.45, 2.75) is 39.0 Å². The van der Waals surface area contributed by atoms with Crippen LogP contribution in [0.1, 0.15) is 39.0 Å². The number of unbranched alkanes of at least 4 members (excludes halogenated alkanes) is 1. The molecule has 1 N–H and O–H groups in total. The van der Waals surface area contributed by atoms with Crippen molar-refractivity contribution in [2.75, 3.05) is 45.9 Å². The van der Waals surface area contributed by atoms with E-state index in [4.69, 9.17) is 4.74 Å². The molecular formula is C13H28N2O. The van der Waals surface area contributed by atoms with Gasteiger partial charge in [0.2, 0.25) is 0 Å². The van der Waals surface area contributed by atoms with Gasteiger partial charge < -0.3 is 15.0 Å². The topological polar surface area (TPSA) is 24.5 Å². The molecule has 0 aliphatic carbocycles. The van der Waals surface area contributed by atoms with E-state index in [2.05, 4.69) is 17.1 Å². The fourth-order valence-corrected chi connectivity index (χ4v) is 2.05. The lowest BCUT2D eigenvalue weighted by Crippen LogP contribution is -2.34. The van der Waals surface area contributed by atoms with Gasteiger partial charge in [-0.3, -0.25) is 0 Å². The van der Waals surface area contributed by atoms with E-state index in [1.807, 2.05) is 0 Å². The molecule has 3 heteroatoms. The zero-order chi connectivity index (χ0) is 11.5. The molecule has 0 radical (unpaired) electrons. The molecule has 1 saturated heterocycles. The van der Waals surface area contributed by atoms with Crippen LogP contribution in [-0.4, -0.2) is 50.8 Å². The van der Waals surface area contributed by atoms with Crippen LogP contribution in [0.25, 0.3) is 0 Å². The van der Waals surface area contributed by atoms with Crippen molar-refractivity contribution in [1.82, 2.24) is 10.2 Å². The van der Waals surface area contributed by atoms with Crippen LogP contribution in [0.2, 0.25) is 0 Å². The number of hydrogen-bond donors (Lipinski definition) is 1. The summed E-state index contributed by atoms with van der Waals surface area (Å²) in [6.07, 6.45) is 6.21. The molecular weight excluding hydrogens is 200 g/mol. The van der Waals surface area contributed by atoms with Crippen LogP contribution < -0.4 is 5.32 Å². The molecule has 0 amide bonds.